The van der Waals surface area contributed by atoms with Crippen LogP contribution >= 0.6 is 11.8 Å². The molecule has 5 heteroatoms. The number of hydrogen-bond donors (Lipinski definition) is 1. The molecule has 0 aliphatic carbocycles. The van der Waals surface area contributed by atoms with Gasteiger partial charge in [-0.2, -0.15) is 0 Å². The maximum absolute atomic E-state index is 5.28. The van der Waals surface area contributed by atoms with E-state index in [0.29, 0.717) is 0 Å². The Bertz CT molecular complexity index is 247. The number of imidazole rings is 1. The van der Waals surface area contributed by atoms with E-state index in [1.165, 1.54) is 0 Å². The Morgan fingerprint density at radius 1 is 1.50 bits per heavy atom. The monoisotopic (exact) mass is 213 g/mol. The first kappa shape index (κ1) is 10.0. The lowest BCUT2D eigenvalue weighted by atomic mass is 10.4. The van der Waals surface area contributed by atoms with Gasteiger partial charge in [-0.25, -0.2) is 4.98 Å². The topological polar surface area (TPSA) is 41.2 Å². The van der Waals surface area contributed by atoms with Gasteiger partial charge >= 0.3 is 0 Å². The Kier molecular flexibility index (Phi) is 3.85. The maximum Gasteiger partial charge on any atom is 0.165 e. The van der Waals surface area contributed by atoms with Gasteiger partial charge in [-0.1, -0.05) is 11.8 Å². The van der Waals surface area contributed by atoms with Crippen LogP contribution in [0.1, 0.15) is 0 Å². The lowest BCUT2D eigenvalue weighted by Crippen LogP contribution is -2.37. The van der Waals surface area contributed by atoms with Gasteiger partial charge in [0.15, 0.2) is 5.16 Å². The van der Waals surface area contributed by atoms with Crippen molar-refractivity contribution in [3.05, 3.63) is 12.4 Å². The number of hydrogen-bond acceptors (Lipinski definition) is 4. The molecule has 1 aliphatic rings. The van der Waals surface area contributed by atoms with Crippen LogP contribution in [-0.2, 0) is 4.74 Å². The van der Waals surface area contributed by atoms with Crippen LogP contribution in [0.15, 0.2) is 17.6 Å². The summed E-state index contributed by atoms with van der Waals surface area (Å²) in [6.45, 7) is 5.02. The summed E-state index contributed by atoms with van der Waals surface area (Å²) in [4.78, 5) is 9.68. The summed E-state index contributed by atoms with van der Waals surface area (Å²) < 4.78 is 5.28. The quantitative estimate of drug-likeness (QED) is 0.752. The molecule has 0 unspecified atom stereocenters. The predicted octanol–water partition coefficient (Wildman–Crippen LogP) is 0.834. The summed E-state index contributed by atoms with van der Waals surface area (Å²) in [5.41, 5.74) is 0. The van der Waals surface area contributed by atoms with Crippen LogP contribution in [0.2, 0.25) is 0 Å². The van der Waals surface area contributed by atoms with Crippen molar-refractivity contribution >= 4 is 11.8 Å². The molecule has 0 atom stereocenters. The van der Waals surface area contributed by atoms with Gasteiger partial charge < -0.3 is 9.72 Å². The fourth-order valence-electron chi connectivity index (χ4n) is 1.43. The fraction of sp³-hybridized carbons (Fsp3) is 0.667. The van der Waals surface area contributed by atoms with Crippen molar-refractivity contribution in [1.82, 2.24) is 14.9 Å². The number of morpholine rings is 1. The Morgan fingerprint density at radius 2 is 2.36 bits per heavy atom. The van der Waals surface area contributed by atoms with Crippen molar-refractivity contribution in [1.29, 1.82) is 0 Å². The highest BCUT2D eigenvalue weighted by molar-refractivity contribution is 7.99. The summed E-state index contributed by atoms with van der Waals surface area (Å²) in [6, 6.07) is 0. The van der Waals surface area contributed by atoms with Gasteiger partial charge in [0.05, 0.1) is 13.2 Å². The van der Waals surface area contributed by atoms with E-state index in [0.717, 1.165) is 43.8 Å². The third kappa shape index (κ3) is 3.01. The van der Waals surface area contributed by atoms with Gasteiger partial charge in [-0.05, 0) is 0 Å². The minimum atomic E-state index is 0.880. The van der Waals surface area contributed by atoms with Crippen LogP contribution < -0.4 is 0 Å². The van der Waals surface area contributed by atoms with E-state index in [1.54, 1.807) is 18.0 Å². The SMILES string of the molecule is c1c[nH]c(SCCN2CCOCC2)n1. The number of thioether (sulfide) groups is 1. The van der Waals surface area contributed by atoms with E-state index in [9.17, 15) is 0 Å². The molecule has 1 fully saturated rings. The minimum Gasteiger partial charge on any atom is -0.379 e. The van der Waals surface area contributed by atoms with Gasteiger partial charge in [-0.15, -0.1) is 0 Å². The molecule has 0 radical (unpaired) electrons. The van der Waals surface area contributed by atoms with Crippen molar-refractivity contribution in [2.24, 2.45) is 0 Å². The standard InChI is InChI=1S/C9H15N3OS/c1-2-11-9(10-1)14-8-5-12-3-6-13-7-4-12/h1-2H,3-8H2,(H,10,11). The molecule has 0 spiro atoms. The van der Waals surface area contributed by atoms with Crippen molar-refractivity contribution in [3.8, 4) is 0 Å². The largest absolute Gasteiger partial charge is 0.379 e. The molecular weight excluding hydrogens is 198 g/mol. The molecule has 1 aromatic rings. The first-order valence-corrected chi connectivity index (χ1v) is 5.86. The zero-order valence-corrected chi connectivity index (χ0v) is 8.92. The number of nitrogens with one attached hydrogen (secondary N) is 1. The molecule has 1 aromatic heterocycles. The third-order valence-electron chi connectivity index (χ3n) is 2.22. The van der Waals surface area contributed by atoms with Crippen LogP contribution in [0, 0.1) is 0 Å². The van der Waals surface area contributed by atoms with Gasteiger partial charge in [0.2, 0.25) is 0 Å². The highest BCUT2D eigenvalue weighted by Crippen LogP contribution is 2.11. The zero-order chi connectivity index (χ0) is 9.64. The summed E-state index contributed by atoms with van der Waals surface area (Å²) in [6.07, 6.45) is 3.65. The molecule has 1 saturated heterocycles. The Morgan fingerprint density at radius 3 is 3.07 bits per heavy atom. The van der Waals surface area contributed by atoms with E-state index in [2.05, 4.69) is 14.9 Å². The summed E-state index contributed by atoms with van der Waals surface area (Å²) in [5, 5.41) is 1.01. The van der Waals surface area contributed by atoms with Crippen molar-refractivity contribution in [2.75, 3.05) is 38.6 Å². The first-order chi connectivity index (χ1) is 6.95. The normalized spacial score (nSPS) is 18.6. The molecule has 1 aliphatic heterocycles. The fourth-order valence-corrected chi connectivity index (χ4v) is 2.26. The van der Waals surface area contributed by atoms with Crippen LogP contribution in [0.3, 0.4) is 0 Å². The maximum atomic E-state index is 5.28. The number of aromatic nitrogens is 2. The Balaban J connectivity index is 1.62. The van der Waals surface area contributed by atoms with E-state index >= 15 is 0 Å². The zero-order valence-electron chi connectivity index (χ0n) is 8.11. The average Bonchev–Trinajstić information content (AvgIpc) is 2.72. The van der Waals surface area contributed by atoms with Crippen LogP contribution in [0.25, 0.3) is 0 Å². The van der Waals surface area contributed by atoms with Crippen molar-refractivity contribution in [2.45, 2.75) is 5.16 Å². The van der Waals surface area contributed by atoms with Gasteiger partial charge in [-0.3, -0.25) is 4.90 Å². The molecule has 0 saturated carbocycles. The predicted molar refractivity (Wildman–Crippen MR) is 56.6 cm³/mol. The molecule has 0 bridgehead atoms. The smallest absolute Gasteiger partial charge is 0.165 e. The van der Waals surface area contributed by atoms with E-state index in [-0.39, 0.29) is 0 Å². The second kappa shape index (κ2) is 5.38. The molecule has 0 amide bonds. The van der Waals surface area contributed by atoms with Crippen LogP contribution in [0.5, 0.6) is 0 Å². The second-order valence-corrected chi connectivity index (χ2v) is 4.28. The molecule has 2 heterocycles. The average molecular weight is 213 g/mol. The van der Waals surface area contributed by atoms with Crippen molar-refractivity contribution < 1.29 is 4.74 Å². The highest BCUT2D eigenvalue weighted by atomic mass is 32.2. The molecular formula is C9H15N3OS. The Labute approximate surface area is 88.0 Å². The lowest BCUT2D eigenvalue weighted by Gasteiger charge is -2.26. The van der Waals surface area contributed by atoms with E-state index in [1.807, 2.05) is 6.20 Å². The van der Waals surface area contributed by atoms with Gasteiger partial charge in [0.1, 0.15) is 0 Å². The molecule has 78 valence electrons. The van der Waals surface area contributed by atoms with Crippen LogP contribution in [0.4, 0.5) is 0 Å². The number of rotatable bonds is 4. The summed E-state index contributed by atoms with van der Waals surface area (Å²) >= 11 is 1.77. The summed E-state index contributed by atoms with van der Waals surface area (Å²) in [7, 11) is 0. The molecule has 14 heavy (non-hydrogen) atoms. The number of ether oxygens (including phenoxy) is 1. The first-order valence-electron chi connectivity index (χ1n) is 4.87. The lowest BCUT2D eigenvalue weighted by molar-refractivity contribution is 0.0410. The number of aromatic amines is 1. The third-order valence-corrected chi connectivity index (χ3v) is 3.11. The molecule has 4 nitrogen and oxygen atoms in total. The molecule has 2 rings (SSSR count). The number of H-pyrrole nitrogens is 1. The van der Waals surface area contributed by atoms with E-state index in [4.69, 9.17) is 4.74 Å². The molecule has 0 aromatic carbocycles. The van der Waals surface area contributed by atoms with Crippen molar-refractivity contribution in [3.63, 3.8) is 0 Å². The van der Waals surface area contributed by atoms with E-state index < -0.39 is 0 Å². The number of nitrogens with zero attached hydrogens (tertiary/aromatic N) is 2. The summed E-state index contributed by atoms with van der Waals surface area (Å²) in [5.74, 6) is 1.09. The molecule has 1 N–H and O–H groups in total. The highest BCUT2D eigenvalue weighted by Gasteiger charge is 2.09. The Hall–Kier alpha value is -0.520. The van der Waals surface area contributed by atoms with Gasteiger partial charge in [0.25, 0.3) is 0 Å². The van der Waals surface area contributed by atoms with Gasteiger partial charge in [0, 0.05) is 37.8 Å². The van der Waals surface area contributed by atoms with Crippen LogP contribution in [-0.4, -0.2) is 53.5 Å². The second-order valence-electron chi connectivity index (χ2n) is 3.20. The minimum absolute atomic E-state index is 0.880.